The standard InChI is InChI=1S/C27H23N7OS/c1-27(2,3)26(35)30-16-11-15(13-28-14-16)18-6-7-20-24(32-18)25(34-33-20)21-12-17-19(31-21)8-9-29-23(17)22-5-4-10-36-22/h4-14,31H,1-3H3,(H,30,35)(H,33,34). The van der Waals surface area contributed by atoms with Gasteiger partial charge in [0.25, 0.3) is 0 Å². The van der Waals surface area contributed by atoms with Crippen LogP contribution in [0.4, 0.5) is 5.69 Å². The minimum atomic E-state index is -0.503. The number of carbonyl (C=O) groups excluding carboxylic acids is 1. The number of H-pyrrole nitrogens is 2. The molecule has 178 valence electrons. The minimum Gasteiger partial charge on any atom is -0.353 e. The van der Waals surface area contributed by atoms with Gasteiger partial charge in [-0.05, 0) is 41.8 Å². The highest BCUT2D eigenvalue weighted by atomic mass is 32.1. The van der Waals surface area contributed by atoms with Crippen LogP contribution in [0, 0.1) is 5.41 Å². The second-order valence-corrected chi connectivity index (χ2v) is 10.6. The molecule has 6 aromatic rings. The van der Waals surface area contributed by atoms with Gasteiger partial charge in [0.2, 0.25) is 5.91 Å². The molecule has 0 aliphatic carbocycles. The Balaban J connectivity index is 1.40. The number of fused-ring (bicyclic) bond motifs is 2. The Hall–Kier alpha value is -4.37. The molecule has 8 nitrogen and oxygen atoms in total. The van der Waals surface area contributed by atoms with Crippen LogP contribution in [0.15, 0.2) is 66.4 Å². The molecule has 0 saturated carbocycles. The number of pyridine rings is 3. The molecular formula is C27H23N7OS. The maximum atomic E-state index is 12.4. The fraction of sp³-hybridized carbons (Fsp3) is 0.148. The molecule has 0 aromatic carbocycles. The van der Waals surface area contributed by atoms with Crippen molar-refractivity contribution in [2.24, 2.45) is 5.41 Å². The number of rotatable bonds is 4. The zero-order valence-electron chi connectivity index (χ0n) is 20.0. The molecule has 0 spiro atoms. The fourth-order valence-electron chi connectivity index (χ4n) is 4.01. The van der Waals surface area contributed by atoms with E-state index >= 15 is 0 Å². The van der Waals surface area contributed by atoms with Crippen LogP contribution in [0.1, 0.15) is 20.8 Å². The largest absolute Gasteiger partial charge is 0.353 e. The Morgan fingerprint density at radius 2 is 1.92 bits per heavy atom. The van der Waals surface area contributed by atoms with Crippen molar-refractivity contribution in [2.75, 3.05) is 5.32 Å². The molecule has 9 heteroatoms. The van der Waals surface area contributed by atoms with Gasteiger partial charge >= 0.3 is 0 Å². The Morgan fingerprint density at radius 1 is 1.03 bits per heavy atom. The normalized spacial score (nSPS) is 11.9. The molecule has 0 radical (unpaired) electrons. The van der Waals surface area contributed by atoms with Crippen LogP contribution >= 0.6 is 11.3 Å². The molecular weight excluding hydrogens is 470 g/mol. The molecule has 0 aliphatic heterocycles. The summed E-state index contributed by atoms with van der Waals surface area (Å²) in [6, 6.07) is 13.9. The first-order valence-corrected chi connectivity index (χ1v) is 12.4. The van der Waals surface area contributed by atoms with Crippen LogP contribution in [0.5, 0.6) is 0 Å². The molecule has 3 N–H and O–H groups in total. The van der Waals surface area contributed by atoms with Gasteiger partial charge in [-0.15, -0.1) is 11.3 Å². The van der Waals surface area contributed by atoms with Gasteiger partial charge in [-0.25, -0.2) is 4.98 Å². The van der Waals surface area contributed by atoms with Crippen LogP contribution < -0.4 is 5.32 Å². The molecule has 0 atom stereocenters. The number of nitrogens with one attached hydrogen (secondary N) is 3. The number of thiophene rings is 1. The number of nitrogens with zero attached hydrogens (tertiary/aromatic N) is 4. The maximum absolute atomic E-state index is 12.4. The minimum absolute atomic E-state index is 0.0720. The number of anilines is 1. The van der Waals surface area contributed by atoms with Crippen molar-refractivity contribution in [2.45, 2.75) is 20.8 Å². The molecule has 0 fully saturated rings. The molecule has 6 aromatic heterocycles. The lowest BCUT2D eigenvalue weighted by Crippen LogP contribution is -2.27. The zero-order valence-corrected chi connectivity index (χ0v) is 20.8. The van der Waals surface area contributed by atoms with Crippen molar-refractivity contribution in [1.82, 2.24) is 30.1 Å². The van der Waals surface area contributed by atoms with Crippen LogP contribution in [0.25, 0.3) is 55.2 Å². The number of hydrogen-bond donors (Lipinski definition) is 3. The van der Waals surface area contributed by atoms with E-state index in [1.165, 1.54) is 0 Å². The number of hydrogen-bond acceptors (Lipinski definition) is 6. The summed E-state index contributed by atoms with van der Waals surface area (Å²) in [4.78, 5) is 30.9. The van der Waals surface area contributed by atoms with Gasteiger partial charge in [0.1, 0.15) is 11.2 Å². The lowest BCUT2D eigenvalue weighted by Gasteiger charge is -2.17. The van der Waals surface area contributed by atoms with E-state index in [9.17, 15) is 4.79 Å². The number of amides is 1. The van der Waals surface area contributed by atoms with Gasteiger partial charge < -0.3 is 10.3 Å². The Bertz CT molecular complexity index is 1720. The molecule has 0 saturated heterocycles. The van der Waals surface area contributed by atoms with E-state index < -0.39 is 5.41 Å². The quantitative estimate of drug-likeness (QED) is 0.268. The third kappa shape index (κ3) is 3.93. The van der Waals surface area contributed by atoms with Gasteiger partial charge in [-0.2, -0.15) is 5.10 Å². The highest BCUT2D eigenvalue weighted by molar-refractivity contribution is 7.13. The summed E-state index contributed by atoms with van der Waals surface area (Å²) in [7, 11) is 0. The van der Waals surface area contributed by atoms with E-state index in [1.807, 2.05) is 57.3 Å². The number of carbonyl (C=O) groups is 1. The molecule has 0 unspecified atom stereocenters. The molecule has 0 bridgehead atoms. The topological polar surface area (TPSA) is 112 Å². The van der Waals surface area contributed by atoms with Gasteiger partial charge in [0, 0.05) is 34.3 Å². The first-order valence-electron chi connectivity index (χ1n) is 11.5. The summed E-state index contributed by atoms with van der Waals surface area (Å²) >= 11 is 1.66. The highest BCUT2D eigenvalue weighted by Crippen LogP contribution is 2.34. The summed E-state index contributed by atoms with van der Waals surface area (Å²) in [5.41, 5.74) is 6.76. The van der Waals surface area contributed by atoms with Crippen molar-refractivity contribution in [3.8, 4) is 33.2 Å². The molecule has 6 heterocycles. The predicted molar refractivity (Wildman–Crippen MR) is 144 cm³/mol. The SMILES string of the molecule is CC(C)(C)C(=O)Nc1cncc(-c2ccc3[nH]nc(-c4cc5c(-c6cccs6)nccc5[nH]4)c3n2)c1. The van der Waals surface area contributed by atoms with E-state index in [-0.39, 0.29) is 5.91 Å². The Morgan fingerprint density at radius 3 is 2.72 bits per heavy atom. The number of aromatic nitrogens is 6. The monoisotopic (exact) mass is 493 g/mol. The van der Waals surface area contributed by atoms with Crippen molar-refractivity contribution in [3.05, 3.63) is 66.4 Å². The van der Waals surface area contributed by atoms with Crippen LogP contribution in [-0.4, -0.2) is 36.0 Å². The highest BCUT2D eigenvalue weighted by Gasteiger charge is 2.21. The maximum Gasteiger partial charge on any atom is 0.229 e. The Labute approximate surface area is 210 Å². The van der Waals surface area contributed by atoms with E-state index in [4.69, 9.17) is 4.98 Å². The summed E-state index contributed by atoms with van der Waals surface area (Å²) in [5, 5.41) is 13.7. The molecule has 1 amide bonds. The summed E-state index contributed by atoms with van der Waals surface area (Å²) in [6.45, 7) is 5.62. The van der Waals surface area contributed by atoms with E-state index in [0.717, 1.165) is 55.2 Å². The summed E-state index contributed by atoms with van der Waals surface area (Å²) < 4.78 is 0. The van der Waals surface area contributed by atoms with Gasteiger partial charge in [0.15, 0.2) is 0 Å². The smallest absolute Gasteiger partial charge is 0.229 e. The summed E-state index contributed by atoms with van der Waals surface area (Å²) in [6.07, 6.45) is 5.19. The van der Waals surface area contributed by atoms with Gasteiger partial charge in [0.05, 0.1) is 39.4 Å². The second kappa shape index (κ2) is 8.39. The number of aromatic amines is 2. The first kappa shape index (κ1) is 22.1. The third-order valence-electron chi connectivity index (χ3n) is 5.94. The van der Waals surface area contributed by atoms with Crippen LogP contribution in [-0.2, 0) is 4.79 Å². The van der Waals surface area contributed by atoms with Crippen molar-refractivity contribution >= 4 is 44.9 Å². The second-order valence-electron chi connectivity index (χ2n) is 9.61. The molecule has 0 aliphatic rings. The van der Waals surface area contributed by atoms with E-state index in [2.05, 4.69) is 48.0 Å². The zero-order chi connectivity index (χ0) is 24.9. The first-order chi connectivity index (χ1) is 17.4. The van der Waals surface area contributed by atoms with Gasteiger partial charge in [-0.3, -0.25) is 19.9 Å². The van der Waals surface area contributed by atoms with Crippen LogP contribution in [0.3, 0.4) is 0 Å². The van der Waals surface area contributed by atoms with Crippen molar-refractivity contribution < 1.29 is 4.79 Å². The fourth-order valence-corrected chi connectivity index (χ4v) is 4.74. The predicted octanol–water partition coefficient (Wildman–Crippen LogP) is 6.28. The third-order valence-corrected chi connectivity index (χ3v) is 6.82. The van der Waals surface area contributed by atoms with Crippen molar-refractivity contribution in [1.29, 1.82) is 0 Å². The van der Waals surface area contributed by atoms with Gasteiger partial charge in [-0.1, -0.05) is 26.8 Å². The average Bonchev–Trinajstić information content (AvgIpc) is 3.62. The lowest BCUT2D eigenvalue weighted by molar-refractivity contribution is -0.123. The van der Waals surface area contributed by atoms with Crippen molar-refractivity contribution in [3.63, 3.8) is 0 Å². The van der Waals surface area contributed by atoms with E-state index in [0.29, 0.717) is 5.69 Å². The molecule has 6 rings (SSSR count). The lowest BCUT2D eigenvalue weighted by atomic mass is 9.95. The van der Waals surface area contributed by atoms with Crippen LogP contribution in [0.2, 0.25) is 0 Å². The Kier molecular flexibility index (Phi) is 5.15. The van der Waals surface area contributed by atoms with E-state index in [1.54, 1.807) is 23.7 Å². The summed E-state index contributed by atoms with van der Waals surface area (Å²) in [5.74, 6) is -0.0720. The average molecular weight is 494 g/mol. The molecule has 36 heavy (non-hydrogen) atoms.